The lowest BCUT2D eigenvalue weighted by atomic mass is 10.0. The van der Waals surface area contributed by atoms with Crippen LogP contribution in [0.3, 0.4) is 0 Å². The Kier molecular flexibility index (Phi) is 9.41. The number of aryl methyl sites for hydroxylation is 1. The lowest BCUT2D eigenvalue weighted by molar-refractivity contribution is 0.280. The van der Waals surface area contributed by atoms with E-state index < -0.39 is 16.3 Å². The van der Waals surface area contributed by atoms with Crippen LogP contribution in [0.15, 0.2) is 29.2 Å². The van der Waals surface area contributed by atoms with Gasteiger partial charge in [-0.25, -0.2) is 4.39 Å². The third kappa shape index (κ3) is 8.47. The third-order valence-corrected chi connectivity index (χ3v) is 5.04. The van der Waals surface area contributed by atoms with Crippen molar-refractivity contribution in [2.75, 3.05) is 0 Å². The Morgan fingerprint density at radius 2 is 1.61 bits per heavy atom. The highest BCUT2D eigenvalue weighted by atomic mass is 32.2. The summed E-state index contributed by atoms with van der Waals surface area (Å²) in [6, 6.07) is 6.43. The number of alkyl halides is 1. The Morgan fingerprint density at radius 3 is 2.26 bits per heavy atom. The zero-order chi connectivity index (χ0) is 17.1. The summed E-state index contributed by atoms with van der Waals surface area (Å²) >= 11 is 0. The molecule has 0 saturated heterocycles. The van der Waals surface area contributed by atoms with Gasteiger partial charge in [-0.05, 0) is 37.3 Å². The van der Waals surface area contributed by atoms with E-state index in [4.69, 9.17) is 0 Å². The molecule has 0 amide bonds. The van der Waals surface area contributed by atoms with Crippen LogP contribution in [0.2, 0.25) is 0 Å². The standard InChI is InChI=1S/C18H29FO3S/c1-2-3-4-5-6-13-17(19)14-9-7-11-16-12-8-10-15-18(16)23(20,21)22/h8,10,12,15,17H,2-7,9,11,13-14H2,1H3,(H,20,21,22). The van der Waals surface area contributed by atoms with E-state index >= 15 is 0 Å². The van der Waals surface area contributed by atoms with Crippen LogP contribution in [-0.4, -0.2) is 19.1 Å². The molecule has 1 unspecified atom stereocenters. The number of halogens is 1. The largest absolute Gasteiger partial charge is 0.294 e. The van der Waals surface area contributed by atoms with Crippen LogP contribution in [0.25, 0.3) is 0 Å². The van der Waals surface area contributed by atoms with Gasteiger partial charge in [0.1, 0.15) is 6.17 Å². The molecule has 0 aliphatic heterocycles. The van der Waals surface area contributed by atoms with Gasteiger partial charge in [0.25, 0.3) is 10.1 Å². The van der Waals surface area contributed by atoms with Gasteiger partial charge in [-0.1, -0.05) is 63.6 Å². The van der Waals surface area contributed by atoms with Gasteiger partial charge in [0.05, 0.1) is 4.90 Å². The number of benzene rings is 1. The van der Waals surface area contributed by atoms with Crippen molar-refractivity contribution in [1.29, 1.82) is 0 Å². The van der Waals surface area contributed by atoms with E-state index in [1.165, 1.54) is 25.3 Å². The van der Waals surface area contributed by atoms with Crippen LogP contribution in [0.1, 0.15) is 70.3 Å². The zero-order valence-corrected chi connectivity index (χ0v) is 14.8. The Labute approximate surface area is 140 Å². The molecule has 5 heteroatoms. The van der Waals surface area contributed by atoms with Gasteiger partial charge in [-0.2, -0.15) is 8.42 Å². The van der Waals surface area contributed by atoms with Crippen molar-refractivity contribution in [3.05, 3.63) is 29.8 Å². The highest BCUT2D eigenvalue weighted by molar-refractivity contribution is 7.85. The lowest BCUT2D eigenvalue weighted by Crippen LogP contribution is -2.04. The molecule has 0 aliphatic rings. The van der Waals surface area contributed by atoms with Crippen LogP contribution in [0, 0.1) is 0 Å². The number of hydrogen-bond acceptors (Lipinski definition) is 2. The Bertz CT molecular complexity index is 543. The smallest absolute Gasteiger partial charge is 0.282 e. The van der Waals surface area contributed by atoms with Crippen molar-refractivity contribution < 1.29 is 17.4 Å². The van der Waals surface area contributed by atoms with E-state index in [9.17, 15) is 17.4 Å². The minimum Gasteiger partial charge on any atom is -0.282 e. The molecule has 0 radical (unpaired) electrons. The summed E-state index contributed by atoms with van der Waals surface area (Å²) < 4.78 is 45.5. The maximum Gasteiger partial charge on any atom is 0.294 e. The topological polar surface area (TPSA) is 54.4 Å². The second kappa shape index (κ2) is 10.8. The lowest BCUT2D eigenvalue weighted by Gasteiger charge is -2.09. The fourth-order valence-electron chi connectivity index (χ4n) is 2.76. The normalized spacial score (nSPS) is 13.2. The van der Waals surface area contributed by atoms with Gasteiger partial charge in [0, 0.05) is 0 Å². The molecule has 0 spiro atoms. The second-order valence-corrected chi connectivity index (χ2v) is 7.52. The third-order valence-electron chi connectivity index (χ3n) is 4.08. The SMILES string of the molecule is CCCCCCCC(F)CCCCc1ccccc1S(=O)(=O)O. The first-order valence-electron chi connectivity index (χ1n) is 8.64. The molecule has 1 rings (SSSR count). The predicted octanol–water partition coefficient (Wildman–Crippen LogP) is 5.34. The molecule has 1 atom stereocenters. The van der Waals surface area contributed by atoms with Gasteiger partial charge >= 0.3 is 0 Å². The van der Waals surface area contributed by atoms with Crippen LogP contribution in [0.4, 0.5) is 4.39 Å². The first-order chi connectivity index (χ1) is 10.9. The fraction of sp³-hybridized carbons (Fsp3) is 0.667. The predicted molar refractivity (Wildman–Crippen MR) is 92.1 cm³/mol. The maximum atomic E-state index is 13.8. The molecule has 0 heterocycles. The average Bonchev–Trinajstić information content (AvgIpc) is 2.51. The van der Waals surface area contributed by atoms with Crippen molar-refractivity contribution in [3.63, 3.8) is 0 Å². The van der Waals surface area contributed by atoms with E-state index in [-0.39, 0.29) is 4.90 Å². The highest BCUT2D eigenvalue weighted by Gasteiger charge is 2.14. The number of hydrogen-bond donors (Lipinski definition) is 1. The highest BCUT2D eigenvalue weighted by Crippen LogP contribution is 2.19. The van der Waals surface area contributed by atoms with Gasteiger partial charge in [0.2, 0.25) is 0 Å². The average molecular weight is 344 g/mol. The molecule has 23 heavy (non-hydrogen) atoms. The van der Waals surface area contributed by atoms with E-state index in [0.29, 0.717) is 24.8 Å². The zero-order valence-electron chi connectivity index (χ0n) is 14.0. The minimum absolute atomic E-state index is 0.0345. The molecular formula is C18H29FO3S. The van der Waals surface area contributed by atoms with Gasteiger partial charge in [-0.3, -0.25) is 4.55 Å². The van der Waals surface area contributed by atoms with E-state index in [1.54, 1.807) is 18.2 Å². The van der Waals surface area contributed by atoms with Crippen molar-refractivity contribution in [1.82, 2.24) is 0 Å². The molecule has 3 nitrogen and oxygen atoms in total. The molecule has 0 bridgehead atoms. The molecular weight excluding hydrogens is 315 g/mol. The first-order valence-corrected chi connectivity index (χ1v) is 10.1. The van der Waals surface area contributed by atoms with Gasteiger partial charge in [0.15, 0.2) is 0 Å². The summed E-state index contributed by atoms with van der Waals surface area (Å²) in [6.07, 6.45) is 8.07. The second-order valence-electron chi connectivity index (χ2n) is 6.13. The Hall–Kier alpha value is -0.940. The van der Waals surface area contributed by atoms with E-state index in [2.05, 4.69) is 6.92 Å². The maximum absolute atomic E-state index is 13.8. The van der Waals surface area contributed by atoms with Gasteiger partial charge < -0.3 is 0 Å². The van der Waals surface area contributed by atoms with Crippen molar-refractivity contribution in [2.24, 2.45) is 0 Å². The molecule has 132 valence electrons. The molecule has 0 fully saturated rings. The quantitative estimate of drug-likeness (QED) is 0.411. The van der Waals surface area contributed by atoms with E-state index in [0.717, 1.165) is 25.7 Å². The summed E-state index contributed by atoms with van der Waals surface area (Å²) in [6.45, 7) is 2.16. The van der Waals surface area contributed by atoms with Gasteiger partial charge in [-0.15, -0.1) is 0 Å². The molecule has 1 aromatic rings. The van der Waals surface area contributed by atoms with Crippen LogP contribution >= 0.6 is 0 Å². The fourth-order valence-corrected chi connectivity index (χ4v) is 3.51. The minimum atomic E-state index is -4.18. The molecule has 0 saturated carbocycles. The summed E-state index contributed by atoms with van der Waals surface area (Å²) in [5.74, 6) is 0. The van der Waals surface area contributed by atoms with E-state index in [1.807, 2.05) is 0 Å². The van der Waals surface area contributed by atoms with Crippen LogP contribution in [0.5, 0.6) is 0 Å². The molecule has 0 aromatic heterocycles. The first kappa shape index (κ1) is 20.1. The number of unbranched alkanes of at least 4 members (excludes halogenated alkanes) is 5. The summed E-state index contributed by atoms with van der Waals surface area (Å²) in [5.41, 5.74) is 0.602. The molecule has 0 aliphatic carbocycles. The van der Waals surface area contributed by atoms with Crippen molar-refractivity contribution in [2.45, 2.75) is 82.2 Å². The monoisotopic (exact) mass is 344 g/mol. The molecule has 1 N–H and O–H groups in total. The van der Waals surface area contributed by atoms with Crippen molar-refractivity contribution >= 4 is 10.1 Å². The van der Waals surface area contributed by atoms with Crippen LogP contribution in [-0.2, 0) is 16.5 Å². The number of rotatable bonds is 12. The molecule has 1 aromatic carbocycles. The van der Waals surface area contributed by atoms with Crippen molar-refractivity contribution in [3.8, 4) is 0 Å². The van der Waals surface area contributed by atoms with Crippen LogP contribution < -0.4 is 0 Å². The summed E-state index contributed by atoms with van der Waals surface area (Å²) in [4.78, 5) is -0.0345. The summed E-state index contributed by atoms with van der Waals surface area (Å²) in [7, 11) is -4.18. The Balaban J connectivity index is 2.25. The Morgan fingerprint density at radius 1 is 1.00 bits per heavy atom. The summed E-state index contributed by atoms with van der Waals surface area (Å²) in [5, 5.41) is 0.